The van der Waals surface area contributed by atoms with Gasteiger partial charge in [-0.15, -0.1) is 23.1 Å². The highest BCUT2D eigenvalue weighted by Crippen LogP contribution is 2.44. The molecule has 4 nitrogen and oxygen atoms in total. The predicted octanol–water partition coefficient (Wildman–Crippen LogP) is 6.93. The lowest BCUT2D eigenvalue weighted by atomic mass is 10.1. The molecule has 0 radical (unpaired) electrons. The van der Waals surface area contributed by atoms with E-state index in [0.29, 0.717) is 21.4 Å². The number of aryl methyl sites for hydroxylation is 1. The molecular formula is C26H25NO3S2. The summed E-state index contributed by atoms with van der Waals surface area (Å²) < 4.78 is 8.47. The molecule has 3 aromatic heterocycles. The number of pyridine rings is 1. The zero-order valence-electron chi connectivity index (χ0n) is 18.6. The van der Waals surface area contributed by atoms with Crippen LogP contribution < -0.4 is 0 Å². The summed E-state index contributed by atoms with van der Waals surface area (Å²) in [5, 5.41) is 0.688. The van der Waals surface area contributed by atoms with Crippen molar-refractivity contribution in [3.8, 4) is 0 Å². The van der Waals surface area contributed by atoms with Crippen LogP contribution in [-0.2, 0) is 4.74 Å². The summed E-state index contributed by atoms with van der Waals surface area (Å²) in [4.78, 5) is 27.2. The summed E-state index contributed by atoms with van der Waals surface area (Å²) in [6.45, 7) is 8.21. The van der Waals surface area contributed by atoms with Gasteiger partial charge >= 0.3 is 5.97 Å². The predicted molar refractivity (Wildman–Crippen MR) is 134 cm³/mol. The Balaban J connectivity index is 2.03. The molecule has 0 bridgehead atoms. The normalized spacial score (nSPS) is 11.1. The van der Waals surface area contributed by atoms with Gasteiger partial charge in [0.25, 0.3) is 0 Å². The van der Waals surface area contributed by atoms with Crippen molar-refractivity contribution >= 4 is 51.3 Å². The fourth-order valence-electron chi connectivity index (χ4n) is 3.65. The van der Waals surface area contributed by atoms with Gasteiger partial charge in [-0.05, 0) is 45.4 Å². The Morgan fingerprint density at radius 3 is 2.59 bits per heavy atom. The highest BCUT2D eigenvalue weighted by molar-refractivity contribution is 8.01. The van der Waals surface area contributed by atoms with Crippen LogP contribution in [0.4, 0.5) is 0 Å². The van der Waals surface area contributed by atoms with Crippen LogP contribution >= 0.6 is 23.1 Å². The fraction of sp³-hybridized carbons (Fsp3) is 0.231. The van der Waals surface area contributed by atoms with Gasteiger partial charge in [0, 0.05) is 22.9 Å². The van der Waals surface area contributed by atoms with Crippen LogP contribution in [0.3, 0.4) is 0 Å². The summed E-state index contributed by atoms with van der Waals surface area (Å²) in [6, 6.07) is 13.2. The Kier molecular flexibility index (Phi) is 6.53. The van der Waals surface area contributed by atoms with Crippen molar-refractivity contribution in [1.82, 2.24) is 4.40 Å². The number of aromatic nitrogens is 1. The molecule has 32 heavy (non-hydrogen) atoms. The van der Waals surface area contributed by atoms with Crippen molar-refractivity contribution in [3.63, 3.8) is 0 Å². The van der Waals surface area contributed by atoms with Crippen LogP contribution in [0.5, 0.6) is 0 Å². The Labute approximate surface area is 195 Å². The van der Waals surface area contributed by atoms with Crippen LogP contribution in [0.1, 0.15) is 51.9 Å². The van der Waals surface area contributed by atoms with E-state index in [4.69, 9.17) is 4.74 Å². The molecule has 4 aromatic rings. The van der Waals surface area contributed by atoms with Crippen LogP contribution in [0.2, 0.25) is 0 Å². The molecule has 1 aromatic carbocycles. The number of fused-ring (bicyclic) bond motifs is 3. The van der Waals surface area contributed by atoms with E-state index < -0.39 is 5.97 Å². The van der Waals surface area contributed by atoms with E-state index in [1.165, 1.54) is 16.9 Å². The second-order valence-corrected chi connectivity index (χ2v) is 10.1. The molecule has 0 saturated heterocycles. The van der Waals surface area contributed by atoms with Crippen molar-refractivity contribution in [1.29, 1.82) is 0 Å². The molecule has 0 aliphatic heterocycles. The van der Waals surface area contributed by atoms with E-state index in [2.05, 4.69) is 19.9 Å². The van der Waals surface area contributed by atoms with Gasteiger partial charge in [0.15, 0.2) is 0 Å². The van der Waals surface area contributed by atoms with Crippen molar-refractivity contribution in [2.45, 2.75) is 31.9 Å². The summed E-state index contributed by atoms with van der Waals surface area (Å²) in [7, 11) is 0. The topological polar surface area (TPSA) is 47.8 Å². The fourth-order valence-corrected chi connectivity index (χ4v) is 6.23. The smallest absolute Gasteiger partial charge is 0.341 e. The summed E-state index contributed by atoms with van der Waals surface area (Å²) in [5.41, 5.74) is 5.04. The third-order valence-corrected chi connectivity index (χ3v) is 7.50. The van der Waals surface area contributed by atoms with Gasteiger partial charge in [0.2, 0.25) is 5.78 Å². The van der Waals surface area contributed by atoms with Gasteiger partial charge in [-0.25, -0.2) is 4.79 Å². The third-order valence-electron chi connectivity index (χ3n) is 5.14. The minimum atomic E-state index is -0.397. The highest BCUT2D eigenvalue weighted by atomic mass is 32.2. The van der Waals surface area contributed by atoms with Crippen molar-refractivity contribution in [2.24, 2.45) is 0 Å². The maximum Gasteiger partial charge on any atom is 0.341 e. The van der Waals surface area contributed by atoms with Gasteiger partial charge in [0.1, 0.15) is 0 Å². The molecule has 0 amide bonds. The molecule has 0 saturated carbocycles. The summed E-state index contributed by atoms with van der Waals surface area (Å²) in [6.07, 6.45) is 4.14. The van der Waals surface area contributed by atoms with E-state index in [1.54, 1.807) is 18.7 Å². The molecule has 4 rings (SSSR count). The number of thioether (sulfide) groups is 1. The first-order valence-corrected chi connectivity index (χ1v) is 12.3. The zero-order valence-corrected chi connectivity index (χ0v) is 20.2. The Morgan fingerprint density at radius 1 is 1.16 bits per heavy atom. The number of ketones is 1. The first-order chi connectivity index (χ1) is 15.4. The molecule has 0 aliphatic carbocycles. The van der Waals surface area contributed by atoms with Crippen molar-refractivity contribution in [2.75, 3.05) is 12.4 Å². The number of hydrogen-bond donors (Lipinski definition) is 0. The number of thiophene rings is 1. The summed E-state index contributed by atoms with van der Waals surface area (Å²) in [5.74, 6) is 0.323. The van der Waals surface area contributed by atoms with Crippen LogP contribution in [-0.4, -0.2) is 28.5 Å². The lowest BCUT2D eigenvalue weighted by molar-refractivity contribution is 0.0531. The van der Waals surface area contributed by atoms with E-state index >= 15 is 0 Å². The Bertz CT molecular complexity index is 1340. The average molecular weight is 464 g/mol. The maximum atomic E-state index is 13.6. The zero-order chi connectivity index (χ0) is 22.8. The third kappa shape index (κ3) is 4.12. The van der Waals surface area contributed by atoms with Gasteiger partial charge in [-0.2, -0.15) is 0 Å². The largest absolute Gasteiger partial charge is 0.462 e. The monoisotopic (exact) mass is 463 g/mol. The number of nitrogens with zero attached hydrogens (tertiary/aromatic N) is 1. The van der Waals surface area contributed by atoms with E-state index in [9.17, 15) is 9.59 Å². The van der Waals surface area contributed by atoms with Crippen LogP contribution in [0.25, 0.3) is 16.4 Å². The number of hydrogen-bond acceptors (Lipinski definition) is 5. The van der Waals surface area contributed by atoms with Gasteiger partial charge in [0.05, 0.1) is 32.3 Å². The number of allylic oxidation sites excluding steroid dienone is 1. The molecular weight excluding hydrogens is 438 g/mol. The lowest BCUT2D eigenvalue weighted by Gasteiger charge is -2.05. The van der Waals surface area contributed by atoms with E-state index in [1.807, 2.05) is 60.0 Å². The quantitative estimate of drug-likeness (QED) is 0.129. The van der Waals surface area contributed by atoms with Gasteiger partial charge in [-0.3, -0.25) is 4.79 Å². The average Bonchev–Trinajstić information content (AvgIpc) is 3.29. The Morgan fingerprint density at radius 2 is 1.91 bits per heavy atom. The molecule has 0 N–H and O–H groups in total. The van der Waals surface area contributed by atoms with E-state index in [0.717, 1.165) is 26.6 Å². The molecule has 164 valence electrons. The molecule has 0 aliphatic rings. The van der Waals surface area contributed by atoms with Crippen LogP contribution in [0, 0.1) is 6.92 Å². The minimum Gasteiger partial charge on any atom is -0.462 e. The molecule has 3 heterocycles. The molecule has 6 heteroatoms. The van der Waals surface area contributed by atoms with Crippen LogP contribution in [0.15, 0.2) is 64.5 Å². The van der Waals surface area contributed by atoms with E-state index in [-0.39, 0.29) is 12.4 Å². The number of carbonyl (C=O) groups excluding carboxylic acids is 2. The minimum absolute atomic E-state index is 0.0761. The second-order valence-electron chi connectivity index (χ2n) is 7.78. The lowest BCUT2D eigenvalue weighted by Crippen LogP contribution is -2.06. The number of esters is 1. The van der Waals surface area contributed by atoms with Gasteiger partial charge in [-0.1, -0.05) is 42.0 Å². The molecule has 0 unspecified atom stereocenters. The highest BCUT2D eigenvalue weighted by Gasteiger charge is 2.29. The molecule has 0 fully saturated rings. The van der Waals surface area contributed by atoms with Crippen molar-refractivity contribution < 1.29 is 14.3 Å². The number of rotatable bonds is 7. The van der Waals surface area contributed by atoms with Crippen molar-refractivity contribution in [3.05, 3.63) is 81.9 Å². The standard InChI is InChI=1S/C26H25NO3S2/c1-5-30-25(29)20-19-15-17(4)11-13-27(19)22-21(20)24(23(28)18-9-7-6-8-10-18)32-26(22)31-14-12-16(2)3/h6-13,15H,5,14H2,1-4H3. The maximum absolute atomic E-state index is 13.6. The number of ether oxygens (including phenoxy) is 1. The first-order valence-electron chi connectivity index (χ1n) is 10.5. The first kappa shape index (κ1) is 22.4. The number of benzene rings is 1. The molecule has 0 atom stereocenters. The number of carbonyl (C=O) groups is 2. The SMILES string of the molecule is CCOC(=O)c1c2c(C(=O)c3ccccc3)sc(SCC=C(C)C)c2n2ccc(C)cc12. The second kappa shape index (κ2) is 9.35. The Hall–Kier alpha value is -2.83. The summed E-state index contributed by atoms with van der Waals surface area (Å²) >= 11 is 3.14. The molecule has 0 spiro atoms. The van der Waals surface area contributed by atoms with Gasteiger partial charge < -0.3 is 9.14 Å².